The van der Waals surface area contributed by atoms with Crippen molar-refractivity contribution < 1.29 is 9.53 Å². The monoisotopic (exact) mass is 387 g/mol. The van der Waals surface area contributed by atoms with Crippen molar-refractivity contribution in [2.45, 2.75) is 58.4 Å². The molecule has 0 aliphatic carbocycles. The maximum absolute atomic E-state index is 12.2. The highest BCUT2D eigenvalue weighted by atomic mass is 16.5. The number of hydrogen-bond donors (Lipinski definition) is 2. The second-order valence-electron chi connectivity index (χ2n) is 8.72. The summed E-state index contributed by atoms with van der Waals surface area (Å²) in [4.78, 5) is 14.7. The SMILES string of the molecule is Cc1cc(OCCN2CCCC(CNC(=O)C3CCCN3)C2)ccc1C(C)C. The summed E-state index contributed by atoms with van der Waals surface area (Å²) in [5, 5.41) is 6.43. The van der Waals surface area contributed by atoms with Crippen LogP contribution < -0.4 is 15.4 Å². The van der Waals surface area contributed by atoms with E-state index in [1.54, 1.807) is 0 Å². The Morgan fingerprint density at radius 2 is 2.18 bits per heavy atom. The smallest absolute Gasteiger partial charge is 0.237 e. The standard InChI is InChI=1S/C23H37N3O2/c1-17(2)21-9-8-20(14-18(21)3)28-13-12-26-11-5-6-19(16-26)15-25-23(27)22-7-4-10-24-22/h8-9,14,17,19,22,24H,4-7,10-13,15-16H2,1-3H3,(H,25,27). The Bertz CT molecular complexity index is 641. The van der Waals surface area contributed by atoms with Crippen molar-refractivity contribution in [3.63, 3.8) is 0 Å². The summed E-state index contributed by atoms with van der Waals surface area (Å²) in [6, 6.07) is 6.46. The normalized spacial score (nSPS) is 23.1. The number of nitrogens with one attached hydrogen (secondary N) is 2. The number of rotatable bonds is 8. The van der Waals surface area contributed by atoms with Crippen LogP contribution in [-0.2, 0) is 4.79 Å². The Balaban J connectivity index is 1.37. The molecule has 0 bridgehead atoms. The molecule has 0 saturated carbocycles. The number of likely N-dealkylation sites (tertiary alicyclic amines) is 1. The molecule has 5 nitrogen and oxygen atoms in total. The maximum Gasteiger partial charge on any atom is 0.237 e. The van der Waals surface area contributed by atoms with Crippen molar-refractivity contribution in [3.8, 4) is 5.75 Å². The van der Waals surface area contributed by atoms with Gasteiger partial charge in [-0.25, -0.2) is 0 Å². The van der Waals surface area contributed by atoms with E-state index >= 15 is 0 Å². The van der Waals surface area contributed by atoms with Crippen molar-refractivity contribution >= 4 is 5.91 Å². The summed E-state index contributed by atoms with van der Waals surface area (Å²) >= 11 is 0. The molecule has 0 spiro atoms. The molecule has 2 saturated heterocycles. The van der Waals surface area contributed by atoms with Gasteiger partial charge in [-0.2, -0.15) is 0 Å². The molecule has 5 heteroatoms. The molecule has 2 N–H and O–H groups in total. The van der Waals surface area contributed by atoms with Crippen LogP contribution in [0.25, 0.3) is 0 Å². The Morgan fingerprint density at radius 1 is 1.32 bits per heavy atom. The van der Waals surface area contributed by atoms with E-state index in [9.17, 15) is 4.79 Å². The predicted molar refractivity (Wildman–Crippen MR) is 114 cm³/mol. The van der Waals surface area contributed by atoms with Crippen molar-refractivity contribution in [2.24, 2.45) is 5.92 Å². The lowest BCUT2D eigenvalue weighted by atomic mass is 9.98. The van der Waals surface area contributed by atoms with Crippen LogP contribution >= 0.6 is 0 Å². The quantitative estimate of drug-likeness (QED) is 0.720. The first kappa shape index (κ1) is 21.1. The zero-order chi connectivity index (χ0) is 19.9. The lowest BCUT2D eigenvalue weighted by molar-refractivity contribution is -0.123. The molecule has 2 unspecified atom stereocenters. The number of hydrogen-bond acceptors (Lipinski definition) is 4. The van der Waals surface area contributed by atoms with E-state index in [1.165, 1.54) is 24.0 Å². The maximum atomic E-state index is 12.2. The molecule has 2 aliphatic rings. The van der Waals surface area contributed by atoms with Crippen LogP contribution in [0.5, 0.6) is 5.75 Å². The average molecular weight is 388 g/mol. The van der Waals surface area contributed by atoms with Crippen molar-refractivity contribution in [1.82, 2.24) is 15.5 Å². The predicted octanol–water partition coefficient (Wildman–Crippen LogP) is 3.08. The fourth-order valence-electron chi connectivity index (χ4n) is 4.48. The molecule has 2 fully saturated rings. The number of aryl methyl sites for hydroxylation is 1. The Morgan fingerprint density at radius 3 is 2.89 bits per heavy atom. The molecular weight excluding hydrogens is 350 g/mol. The average Bonchev–Trinajstić information content (AvgIpc) is 3.21. The van der Waals surface area contributed by atoms with Crippen LogP contribution in [0.15, 0.2) is 18.2 Å². The van der Waals surface area contributed by atoms with Crippen molar-refractivity contribution in [3.05, 3.63) is 29.3 Å². The zero-order valence-corrected chi connectivity index (χ0v) is 17.8. The van der Waals surface area contributed by atoms with Gasteiger partial charge in [0, 0.05) is 19.6 Å². The third kappa shape index (κ3) is 5.95. The highest BCUT2D eigenvalue weighted by molar-refractivity contribution is 5.81. The van der Waals surface area contributed by atoms with Gasteiger partial charge in [0.15, 0.2) is 0 Å². The first-order chi connectivity index (χ1) is 13.5. The second-order valence-corrected chi connectivity index (χ2v) is 8.72. The molecule has 1 aromatic carbocycles. The largest absolute Gasteiger partial charge is 0.492 e. The van der Waals surface area contributed by atoms with Gasteiger partial charge in [0.25, 0.3) is 0 Å². The van der Waals surface area contributed by atoms with Gasteiger partial charge < -0.3 is 15.4 Å². The van der Waals surface area contributed by atoms with E-state index in [-0.39, 0.29) is 11.9 Å². The summed E-state index contributed by atoms with van der Waals surface area (Å²) in [7, 11) is 0. The summed E-state index contributed by atoms with van der Waals surface area (Å²) in [6.07, 6.45) is 4.47. The lowest BCUT2D eigenvalue weighted by Crippen LogP contribution is -2.46. The Labute approximate surface area is 170 Å². The van der Waals surface area contributed by atoms with E-state index in [1.807, 2.05) is 0 Å². The molecule has 2 atom stereocenters. The van der Waals surface area contributed by atoms with Gasteiger partial charge in [-0.05, 0) is 80.8 Å². The summed E-state index contributed by atoms with van der Waals surface area (Å²) in [6.45, 7) is 12.2. The van der Waals surface area contributed by atoms with Crippen LogP contribution in [0.1, 0.15) is 56.6 Å². The van der Waals surface area contributed by atoms with Crippen molar-refractivity contribution in [2.75, 3.05) is 39.3 Å². The highest BCUT2D eigenvalue weighted by Gasteiger charge is 2.24. The van der Waals surface area contributed by atoms with Crippen LogP contribution in [0, 0.1) is 12.8 Å². The van der Waals surface area contributed by atoms with E-state index < -0.39 is 0 Å². The van der Waals surface area contributed by atoms with Gasteiger partial charge in [0.2, 0.25) is 5.91 Å². The molecular formula is C23H37N3O2. The number of carbonyl (C=O) groups excluding carboxylic acids is 1. The van der Waals surface area contributed by atoms with E-state index in [0.717, 1.165) is 51.3 Å². The van der Waals surface area contributed by atoms with Gasteiger partial charge in [-0.1, -0.05) is 19.9 Å². The first-order valence-electron chi connectivity index (χ1n) is 11.0. The fourth-order valence-corrected chi connectivity index (χ4v) is 4.48. The third-order valence-electron chi connectivity index (χ3n) is 6.08. The van der Waals surface area contributed by atoms with Gasteiger partial charge >= 0.3 is 0 Å². The molecule has 3 rings (SSSR count). The fraction of sp³-hybridized carbons (Fsp3) is 0.696. The van der Waals surface area contributed by atoms with Crippen LogP contribution in [0.2, 0.25) is 0 Å². The number of ether oxygens (including phenoxy) is 1. The number of nitrogens with zero attached hydrogens (tertiary/aromatic N) is 1. The summed E-state index contributed by atoms with van der Waals surface area (Å²) in [5.41, 5.74) is 2.69. The minimum Gasteiger partial charge on any atom is -0.492 e. The Kier molecular flexibility index (Phi) is 7.74. The van der Waals surface area contributed by atoms with E-state index in [0.29, 0.717) is 18.4 Å². The topological polar surface area (TPSA) is 53.6 Å². The molecule has 156 valence electrons. The van der Waals surface area contributed by atoms with Gasteiger partial charge in [-0.15, -0.1) is 0 Å². The van der Waals surface area contributed by atoms with Crippen LogP contribution in [0.3, 0.4) is 0 Å². The lowest BCUT2D eigenvalue weighted by Gasteiger charge is -2.32. The summed E-state index contributed by atoms with van der Waals surface area (Å²) < 4.78 is 6.01. The second kappa shape index (κ2) is 10.3. The molecule has 1 amide bonds. The van der Waals surface area contributed by atoms with Gasteiger partial charge in [0.1, 0.15) is 12.4 Å². The molecule has 2 heterocycles. The van der Waals surface area contributed by atoms with Crippen molar-refractivity contribution in [1.29, 1.82) is 0 Å². The number of piperidine rings is 1. The summed E-state index contributed by atoms with van der Waals surface area (Å²) in [5.74, 6) is 2.24. The third-order valence-corrected chi connectivity index (χ3v) is 6.08. The molecule has 0 aromatic heterocycles. The zero-order valence-electron chi connectivity index (χ0n) is 17.8. The molecule has 0 radical (unpaired) electrons. The van der Waals surface area contributed by atoms with Gasteiger partial charge in [-0.3, -0.25) is 9.69 Å². The minimum absolute atomic E-state index is 0.0265. The van der Waals surface area contributed by atoms with Crippen LogP contribution in [0.4, 0.5) is 0 Å². The number of amides is 1. The highest BCUT2D eigenvalue weighted by Crippen LogP contribution is 2.23. The minimum atomic E-state index is 0.0265. The first-order valence-corrected chi connectivity index (χ1v) is 11.0. The Hall–Kier alpha value is -1.59. The molecule has 2 aliphatic heterocycles. The van der Waals surface area contributed by atoms with Crippen LogP contribution in [-0.4, -0.2) is 56.2 Å². The van der Waals surface area contributed by atoms with E-state index in [4.69, 9.17) is 4.74 Å². The number of benzene rings is 1. The molecule has 28 heavy (non-hydrogen) atoms. The van der Waals surface area contributed by atoms with E-state index in [2.05, 4.69) is 54.5 Å². The molecule has 1 aromatic rings. The van der Waals surface area contributed by atoms with Gasteiger partial charge in [0.05, 0.1) is 6.04 Å². The number of carbonyl (C=O) groups is 1.